The van der Waals surface area contributed by atoms with Crippen molar-refractivity contribution in [3.8, 4) is 0 Å². The molecule has 1 aromatic rings. The zero-order valence-corrected chi connectivity index (χ0v) is 21.6. The van der Waals surface area contributed by atoms with Crippen LogP contribution in [0.1, 0.15) is 18.4 Å². The molecule has 2 atom stereocenters. The summed E-state index contributed by atoms with van der Waals surface area (Å²) in [5.74, 6) is -6.51. The van der Waals surface area contributed by atoms with Gasteiger partial charge in [0.05, 0.1) is 0 Å². The number of ether oxygens (including phenoxy) is 1. The molecule has 1 aromatic heterocycles. The summed E-state index contributed by atoms with van der Waals surface area (Å²) in [6.45, 7) is 8.13. The maximum Gasteiger partial charge on any atom is 0.490 e. The largest absolute Gasteiger partial charge is 0.490 e. The Morgan fingerprint density at radius 3 is 1.52 bits per heavy atom. The maximum atomic E-state index is 10.6. The molecule has 42 heavy (non-hydrogen) atoms. The van der Waals surface area contributed by atoms with E-state index in [1.807, 2.05) is 18.5 Å². The molecule has 0 aliphatic carbocycles. The molecule has 4 heterocycles. The summed E-state index contributed by atoms with van der Waals surface area (Å²) in [4.78, 5) is 36.3. The number of pyridine rings is 1. The van der Waals surface area contributed by atoms with Crippen LogP contribution in [0, 0.1) is 11.8 Å². The molecule has 3 N–H and O–H groups in total. The number of nitrogens with zero attached hydrogens (tertiary/aromatic N) is 3. The third-order valence-electron chi connectivity index (χ3n) is 6.15. The van der Waals surface area contributed by atoms with Crippen molar-refractivity contribution in [2.45, 2.75) is 44.0 Å². The van der Waals surface area contributed by atoms with E-state index in [2.05, 4.69) is 20.9 Å². The van der Waals surface area contributed by atoms with Gasteiger partial charge in [0.2, 0.25) is 0 Å². The summed E-state index contributed by atoms with van der Waals surface area (Å²) < 4.78 is 101. The topological polar surface area (TPSA) is 140 Å². The van der Waals surface area contributed by atoms with Gasteiger partial charge in [-0.1, -0.05) is 6.07 Å². The standard InChI is InChI=1S/C17H25N3O.3C2HF3O2/c1-2-14(8-18-5-1)9-19-10-15-12-20(13-16(15)11-19)17-3-6-21-7-4-17;3*3-2(4,5)1(6)7/h1-2,5,8,15-17H,3-4,6-7,9-13H2;3*(H,6,7)/t15-,16+;;;. The van der Waals surface area contributed by atoms with Gasteiger partial charge in [-0.25, -0.2) is 14.4 Å². The first kappa shape index (κ1) is 36.8. The Balaban J connectivity index is 0.000000348. The fraction of sp³-hybridized carbons (Fsp3) is 0.652. The predicted molar refractivity (Wildman–Crippen MR) is 123 cm³/mol. The van der Waals surface area contributed by atoms with Gasteiger partial charge < -0.3 is 20.1 Å². The molecule has 0 unspecified atom stereocenters. The molecular weight excluding hydrogens is 601 g/mol. The van der Waals surface area contributed by atoms with Gasteiger partial charge in [-0.3, -0.25) is 14.8 Å². The first-order chi connectivity index (χ1) is 19.2. The van der Waals surface area contributed by atoms with Crippen LogP contribution in [-0.4, -0.2) is 112 Å². The predicted octanol–water partition coefficient (Wildman–Crippen LogP) is 3.52. The van der Waals surface area contributed by atoms with Crippen molar-refractivity contribution >= 4 is 17.9 Å². The molecule has 3 saturated heterocycles. The van der Waals surface area contributed by atoms with E-state index in [1.54, 1.807) is 0 Å². The van der Waals surface area contributed by atoms with E-state index < -0.39 is 36.4 Å². The Labute approximate surface area is 232 Å². The summed E-state index contributed by atoms with van der Waals surface area (Å²) in [6, 6.07) is 5.02. The first-order valence-corrected chi connectivity index (χ1v) is 12.0. The zero-order chi connectivity index (χ0) is 32.3. The molecule has 3 aliphatic heterocycles. The second-order valence-electron chi connectivity index (χ2n) is 9.28. The van der Waals surface area contributed by atoms with Crippen LogP contribution in [0.4, 0.5) is 39.5 Å². The number of carbonyl (C=O) groups is 3. The quantitative estimate of drug-likeness (QED) is 0.426. The van der Waals surface area contributed by atoms with Gasteiger partial charge in [0.1, 0.15) is 0 Å². The van der Waals surface area contributed by atoms with E-state index in [0.29, 0.717) is 0 Å². The van der Waals surface area contributed by atoms with Crippen LogP contribution >= 0.6 is 0 Å². The highest BCUT2D eigenvalue weighted by molar-refractivity contribution is 5.73. The van der Waals surface area contributed by atoms with Gasteiger partial charge in [0.15, 0.2) is 0 Å². The number of fused-ring (bicyclic) bond motifs is 1. The van der Waals surface area contributed by atoms with Crippen molar-refractivity contribution in [2.24, 2.45) is 11.8 Å². The lowest BCUT2D eigenvalue weighted by Crippen LogP contribution is -2.39. The minimum Gasteiger partial charge on any atom is -0.475 e. The molecule has 3 fully saturated rings. The monoisotopic (exact) mass is 629 g/mol. The van der Waals surface area contributed by atoms with Crippen molar-refractivity contribution in [3.63, 3.8) is 0 Å². The second-order valence-corrected chi connectivity index (χ2v) is 9.28. The van der Waals surface area contributed by atoms with E-state index in [-0.39, 0.29) is 0 Å². The minimum atomic E-state index is -5.08. The number of halogens is 9. The smallest absolute Gasteiger partial charge is 0.475 e. The molecule has 240 valence electrons. The van der Waals surface area contributed by atoms with Crippen molar-refractivity contribution in [1.29, 1.82) is 0 Å². The molecule has 19 heteroatoms. The lowest BCUT2D eigenvalue weighted by molar-refractivity contribution is -0.193. The fourth-order valence-corrected chi connectivity index (χ4v) is 4.35. The normalized spacial score (nSPS) is 21.5. The number of aliphatic carboxylic acids is 3. The Morgan fingerprint density at radius 1 is 0.786 bits per heavy atom. The molecule has 0 radical (unpaired) electrons. The fourth-order valence-electron chi connectivity index (χ4n) is 4.35. The van der Waals surface area contributed by atoms with Crippen LogP contribution in [0.2, 0.25) is 0 Å². The van der Waals surface area contributed by atoms with Crippen LogP contribution in [0.5, 0.6) is 0 Å². The number of alkyl halides is 9. The van der Waals surface area contributed by atoms with Gasteiger partial charge in [-0.05, 0) is 36.3 Å². The van der Waals surface area contributed by atoms with Gasteiger partial charge in [-0.15, -0.1) is 0 Å². The Kier molecular flexibility index (Phi) is 13.9. The molecule has 4 rings (SSSR count). The number of carboxylic acid groups (broad SMARTS) is 3. The summed E-state index contributed by atoms with van der Waals surface area (Å²) in [5, 5.41) is 21.4. The maximum absolute atomic E-state index is 10.6. The highest BCUT2D eigenvalue weighted by Crippen LogP contribution is 2.34. The minimum absolute atomic E-state index is 0.788. The first-order valence-electron chi connectivity index (χ1n) is 12.0. The molecule has 3 aliphatic rings. The van der Waals surface area contributed by atoms with Gasteiger partial charge >= 0.3 is 36.4 Å². The second kappa shape index (κ2) is 15.9. The third kappa shape index (κ3) is 13.6. The number of hydrogen-bond acceptors (Lipinski definition) is 7. The number of likely N-dealkylation sites (tertiary alicyclic amines) is 2. The van der Waals surface area contributed by atoms with E-state index >= 15 is 0 Å². The van der Waals surface area contributed by atoms with E-state index in [9.17, 15) is 39.5 Å². The van der Waals surface area contributed by atoms with Crippen LogP contribution in [0.25, 0.3) is 0 Å². The molecule has 0 amide bonds. The summed E-state index contributed by atoms with van der Waals surface area (Å²) in [5.41, 5.74) is 1.35. The molecule has 0 saturated carbocycles. The Bertz CT molecular complexity index is 931. The summed E-state index contributed by atoms with van der Waals surface area (Å²) >= 11 is 0. The number of carboxylic acids is 3. The Hall–Kier alpha value is -3.19. The van der Waals surface area contributed by atoms with Gasteiger partial charge in [0.25, 0.3) is 0 Å². The molecule has 0 spiro atoms. The van der Waals surface area contributed by atoms with Gasteiger partial charge in [-0.2, -0.15) is 39.5 Å². The molecule has 10 nitrogen and oxygen atoms in total. The summed E-state index contributed by atoms with van der Waals surface area (Å²) in [7, 11) is 0. The highest BCUT2D eigenvalue weighted by Gasteiger charge is 2.42. The SMILES string of the molecule is O=C(O)C(F)(F)F.O=C(O)C(F)(F)F.O=C(O)C(F)(F)F.c1cncc(CN2C[C@@H]3CN(C4CCOCC4)C[C@@H]3C2)c1. The number of aromatic nitrogens is 1. The third-order valence-corrected chi connectivity index (χ3v) is 6.15. The number of rotatable bonds is 3. The van der Waals surface area contributed by atoms with E-state index in [4.69, 9.17) is 34.4 Å². The average molecular weight is 629 g/mol. The highest BCUT2D eigenvalue weighted by atomic mass is 19.4. The molecule has 0 bridgehead atoms. The van der Waals surface area contributed by atoms with Crippen LogP contribution in [0.3, 0.4) is 0 Å². The van der Waals surface area contributed by atoms with Crippen molar-refractivity contribution < 1.29 is 74.0 Å². The van der Waals surface area contributed by atoms with Crippen LogP contribution in [0.15, 0.2) is 24.5 Å². The van der Waals surface area contributed by atoms with Crippen molar-refractivity contribution in [2.75, 3.05) is 39.4 Å². The van der Waals surface area contributed by atoms with Gasteiger partial charge in [0, 0.05) is 64.4 Å². The van der Waals surface area contributed by atoms with Crippen LogP contribution in [-0.2, 0) is 25.7 Å². The molecular formula is C23H28F9N3O7. The summed E-state index contributed by atoms with van der Waals surface area (Å²) in [6.07, 6.45) is -8.92. The zero-order valence-electron chi connectivity index (χ0n) is 21.6. The lowest BCUT2D eigenvalue weighted by atomic mass is 10.0. The van der Waals surface area contributed by atoms with Crippen LogP contribution < -0.4 is 0 Å². The lowest BCUT2D eigenvalue weighted by Gasteiger charge is -2.32. The number of hydrogen-bond donors (Lipinski definition) is 3. The average Bonchev–Trinajstić information content (AvgIpc) is 3.43. The van der Waals surface area contributed by atoms with Crippen molar-refractivity contribution in [1.82, 2.24) is 14.8 Å². The van der Waals surface area contributed by atoms with Crippen molar-refractivity contribution in [3.05, 3.63) is 30.1 Å². The van der Waals surface area contributed by atoms with E-state index in [1.165, 1.54) is 44.6 Å². The van der Waals surface area contributed by atoms with E-state index in [0.717, 1.165) is 37.6 Å². The Morgan fingerprint density at radius 2 is 1.19 bits per heavy atom. The molecule has 0 aromatic carbocycles.